The summed E-state index contributed by atoms with van der Waals surface area (Å²) in [7, 11) is 0. The highest BCUT2D eigenvalue weighted by atomic mass is 16.4. The fraction of sp³-hybridized carbons (Fsp3) is 0. The molecule has 0 saturated carbocycles. The van der Waals surface area contributed by atoms with Crippen LogP contribution in [-0.4, -0.2) is 27.0 Å². The summed E-state index contributed by atoms with van der Waals surface area (Å²) in [5.41, 5.74) is 1.39. The molecule has 0 spiro atoms. The predicted octanol–water partition coefficient (Wildman–Crippen LogP) is 5.65. The molecule has 6 rings (SSSR count). The van der Waals surface area contributed by atoms with Gasteiger partial charge < -0.3 is 13.9 Å². The van der Waals surface area contributed by atoms with Crippen molar-refractivity contribution in [1.29, 1.82) is 0 Å². The fourth-order valence-electron chi connectivity index (χ4n) is 4.05. The zero-order chi connectivity index (χ0) is 24.6. The monoisotopic (exact) mass is 475 g/mol. The van der Waals surface area contributed by atoms with Crippen LogP contribution in [0.1, 0.15) is 16.1 Å². The molecular formula is C28H17N3O5. The van der Waals surface area contributed by atoms with Gasteiger partial charge in [-0.15, -0.1) is 0 Å². The van der Waals surface area contributed by atoms with E-state index in [0.29, 0.717) is 39.3 Å². The molecule has 0 aliphatic heterocycles. The molecule has 0 amide bonds. The van der Waals surface area contributed by atoms with Crippen molar-refractivity contribution in [3.8, 4) is 22.9 Å². The van der Waals surface area contributed by atoms with Crippen molar-refractivity contribution in [2.75, 3.05) is 0 Å². The van der Waals surface area contributed by atoms with E-state index in [4.69, 9.17) is 8.83 Å². The van der Waals surface area contributed by atoms with Crippen molar-refractivity contribution in [2.24, 2.45) is 5.10 Å². The lowest BCUT2D eigenvalue weighted by atomic mass is 10.1. The second-order valence-electron chi connectivity index (χ2n) is 8.02. The number of rotatable bonds is 5. The highest BCUT2D eigenvalue weighted by molar-refractivity contribution is 5.95. The van der Waals surface area contributed by atoms with Crippen LogP contribution in [0.3, 0.4) is 0 Å². The molecule has 3 aromatic carbocycles. The van der Waals surface area contributed by atoms with E-state index < -0.39 is 5.97 Å². The van der Waals surface area contributed by atoms with Crippen molar-refractivity contribution in [3.63, 3.8) is 0 Å². The molecule has 0 radical (unpaired) electrons. The number of para-hydroxylation sites is 2. The van der Waals surface area contributed by atoms with Gasteiger partial charge >= 0.3 is 5.97 Å². The zero-order valence-corrected chi connectivity index (χ0v) is 18.7. The summed E-state index contributed by atoms with van der Waals surface area (Å²) in [4.78, 5) is 29.6. The van der Waals surface area contributed by atoms with E-state index in [1.807, 2.05) is 36.4 Å². The molecule has 0 aliphatic carbocycles. The third kappa shape index (κ3) is 3.67. The summed E-state index contributed by atoms with van der Waals surface area (Å²) in [5.74, 6) is 0.291. The normalized spacial score (nSPS) is 11.6. The number of carboxylic acid groups (broad SMARTS) is 1. The van der Waals surface area contributed by atoms with Gasteiger partial charge in [0.05, 0.1) is 22.7 Å². The van der Waals surface area contributed by atoms with Crippen molar-refractivity contribution >= 4 is 34.1 Å². The smallest absolute Gasteiger partial charge is 0.336 e. The molecule has 3 aromatic heterocycles. The number of aromatic carboxylic acids is 1. The Hall–Kier alpha value is -5.24. The summed E-state index contributed by atoms with van der Waals surface area (Å²) in [6.07, 6.45) is 1.39. The highest BCUT2D eigenvalue weighted by Crippen LogP contribution is 2.28. The first-order valence-corrected chi connectivity index (χ1v) is 11.1. The van der Waals surface area contributed by atoms with Crippen LogP contribution in [0.25, 0.3) is 44.8 Å². The molecule has 6 aromatic rings. The van der Waals surface area contributed by atoms with E-state index in [1.165, 1.54) is 17.0 Å². The van der Waals surface area contributed by atoms with Crippen molar-refractivity contribution in [2.45, 2.75) is 0 Å². The number of fused-ring (bicyclic) bond motifs is 2. The Bertz CT molecular complexity index is 1830. The van der Waals surface area contributed by atoms with Crippen LogP contribution in [0.2, 0.25) is 0 Å². The van der Waals surface area contributed by atoms with E-state index in [1.54, 1.807) is 48.5 Å². The molecule has 174 valence electrons. The third-order valence-corrected chi connectivity index (χ3v) is 5.75. The second-order valence-corrected chi connectivity index (χ2v) is 8.02. The Morgan fingerprint density at radius 1 is 0.889 bits per heavy atom. The van der Waals surface area contributed by atoms with E-state index in [0.717, 1.165) is 5.39 Å². The molecule has 36 heavy (non-hydrogen) atoms. The lowest BCUT2D eigenvalue weighted by Crippen LogP contribution is -2.20. The molecule has 0 fully saturated rings. The first-order chi connectivity index (χ1) is 17.6. The molecule has 0 unspecified atom stereocenters. The lowest BCUT2D eigenvalue weighted by molar-refractivity contribution is 0.0697. The summed E-state index contributed by atoms with van der Waals surface area (Å²) in [6, 6.07) is 26.2. The maximum absolute atomic E-state index is 13.4. The Morgan fingerprint density at radius 2 is 1.67 bits per heavy atom. The van der Waals surface area contributed by atoms with Crippen LogP contribution >= 0.6 is 0 Å². The van der Waals surface area contributed by atoms with Crippen LogP contribution in [-0.2, 0) is 0 Å². The average Bonchev–Trinajstić information content (AvgIpc) is 3.55. The van der Waals surface area contributed by atoms with Crippen molar-refractivity contribution in [3.05, 3.63) is 113 Å². The summed E-state index contributed by atoms with van der Waals surface area (Å²) in [6.45, 7) is 0. The lowest BCUT2D eigenvalue weighted by Gasteiger charge is -2.06. The topological polar surface area (TPSA) is 111 Å². The van der Waals surface area contributed by atoms with Gasteiger partial charge in [0.2, 0.25) is 5.82 Å². The number of carbonyl (C=O) groups is 1. The van der Waals surface area contributed by atoms with Gasteiger partial charge in [-0.3, -0.25) is 4.79 Å². The minimum atomic E-state index is -1.05. The van der Waals surface area contributed by atoms with Gasteiger partial charge in [0, 0.05) is 10.9 Å². The quantitative estimate of drug-likeness (QED) is 0.323. The highest BCUT2D eigenvalue weighted by Gasteiger charge is 2.17. The van der Waals surface area contributed by atoms with Crippen molar-refractivity contribution < 1.29 is 18.7 Å². The molecule has 0 bridgehead atoms. The largest absolute Gasteiger partial charge is 0.478 e. The molecule has 1 N–H and O–H groups in total. The van der Waals surface area contributed by atoms with Gasteiger partial charge in [0.25, 0.3) is 5.56 Å². The molecular weight excluding hydrogens is 458 g/mol. The van der Waals surface area contributed by atoms with Gasteiger partial charge in [0.15, 0.2) is 5.76 Å². The minimum Gasteiger partial charge on any atom is -0.478 e. The minimum absolute atomic E-state index is 0.123. The first-order valence-electron chi connectivity index (χ1n) is 11.1. The molecule has 0 aliphatic rings. The van der Waals surface area contributed by atoms with E-state index >= 15 is 0 Å². The maximum atomic E-state index is 13.4. The number of aromatic nitrogens is 2. The number of carboxylic acids is 1. The Balaban J connectivity index is 1.46. The number of furan rings is 2. The standard InChI is InChI=1S/C28H17N3O5/c32-27-21-10-4-5-11-22(21)30-26(25-15-17-7-1-6-12-23(17)36-25)31(27)29-16-18-13-14-24(35-18)19-8-2-3-9-20(19)28(33)34/h1-16H,(H,33,34). The molecule has 8 heteroatoms. The SMILES string of the molecule is O=C(O)c1ccccc1-c1ccc(C=Nn2c(-c3cc4ccccc4o3)nc3ccccc3c2=O)o1. The van der Waals surface area contributed by atoms with Crippen LogP contribution in [0.5, 0.6) is 0 Å². The Labute approximate surface area is 203 Å². The molecule has 3 heterocycles. The average molecular weight is 475 g/mol. The predicted molar refractivity (Wildman–Crippen MR) is 135 cm³/mol. The molecule has 8 nitrogen and oxygen atoms in total. The summed E-state index contributed by atoms with van der Waals surface area (Å²) in [5, 5.41) is 15.1. The van der Waals surface area contributed by atoms with E-state index in [-0.39, 0.29) is 16.9 Å². The number of hydrogen-bond acceptors (Lipinski definition) is 6. The Kier molecular flexibility index (Phi) is 5.04. The van der Waals surface area contributed by atoms with E-state index in [9.17, 15) is 14.7 Å². The Morgan fingerprint density at radius 3 is 2.53 bits per heavy atom. The van der Waals surface area contributed by atoms with Gasteiger partial charge in [-0.1, -0.05) is 48.5 Å². The van der Waals surface area contributed by atoms with Gasteiger partial charge in [-0.05, 0) is 42.5 Å². The second kappa shape index (κ2) is 8.52. The van der Waals surface area contributed by atoms with Crippen LogP contribution in [0, 0.1) is 0 Å². The van der Waals surface area contributed by atoms with Crippen LogP contribution in [0.15, 0.2) is 110 Å². The fourth-order valence-corrected chi connectivity index (χ4v) is 4.05. The number of nitrogens with zero attached hydrogens (tertiary/aromatic N) is 3. The summed E-state index contributed by atoms with van der Waals surface area (Å²) >= 11 is 0. The maximum Gasteiger partial charge on any atom is 0.336 e. The molecule has 0 saturated heterocycles. The zero-order valence-electron chi connectivity index (χ0n) is 18.7. The third-order valence-electron chi connectivity index (χ3n) is 5.75. The summed E-state index contributed by atoms with van der Waals surface area (Å²) < 4.78 is 13.0. The van der Waals surface area contributed by atoms with Crippen LogP contribution < -0.4 is 5.56 Å². The first kappa shape index (κ1) is 21.3. The van der Waals surface area contributed by atoms with Gasteiger partial charge in [-0.25, -0.2) is 9.78 Å². The van der Waals surface area contributed by atoms with E-state index in [2.05, 4.69) is 10.1 Å². The molecule has 0 atom stereocenters. The number of benzene rings is 3. The van der Waals surface area contributed by atoms with Gasteiger partial charge in [0.1, 0.15) is 17.1 Å². The van der Waals surface area contributed by atoms with Crippen LogP contribution in [0.4, 0.5) is 0 Å². The number of hydrogen-bond donors (Lipinski definition) is 1. The van der Waals surface area contributed by atoms with Crippen molar-refractivity contribution in [1.82, 2.24) is 9.66 Å². The van der Waals surface area contributed by atoms with Gasteiger partial charge in [-0.2, -0.15) is 9.78 Å².